The van der Waals surface area contributed by atoms with Gasteiger partial charge in [0, 0.05) is 29.7 Å². The Bertz CT molecular complexity index is 893. The van der Waals surface area contributed by atoms with Crippen molar-refractivity contribution >= 4 is 23.3 Å². The Balaban J connectivity index is 1.82. The second-order valence-electron chi connectivity index (χ2n) is 6.14. The van der Waals surface area contributed by atoms with E-state index in [2.05, 4.69) is 0 Å². The molecule has 0 bridgehead atoms. The molecule has 0 aliphatic carbocycles. The summed E-state index contributed by atoms with van der Waals surface area (Å²) in [5.41, 5.74) is 0.586. The molecule has 0 heterocycles. The highest BCUT2D eigenvalue weighted by atomic mass is 16.6. The zero-order valence-corrected chi connectivity index (χ0v) is 15.7. The van der Waals surface area contributed by atoms with Gasteiger partial charge >= 0.3 is 11.9 Å². The van der Waals surface area contributed by atoms with E-state index in [0.717, 1.165) is 12.1 Å². The van der Waals surface area contributed by atoms with E-state index >= 15 is 0 Å². The molecule has 0 atom stereocenters. The molecule has 0 N–H and O–H groups in total. The highest BCUT2D eigenvalue weighted by Crippen LogP contribution is 2.21. The van der Waals surface area contributed by atoms with Crippen LogP contribution >= 0.6 is 0 Å². The number of esters is 2. The molecule has 0 saturated heterocycles. The van der Waals surface area contributed by atoms with Crippen molar-refractivity contribution < 1.29 is 28.9 Å². The lowest BCUT2D eigenvalue weighted by Crippen LogP contribution is -2.11. The zero-order valence-electron chi connectivity index (χ0n) is 15.7. The number of nitrogens with zero attached hydrogens (tertiary/aromatic N) is 2. The van der Waals surface area contributed by atoms with Crippen molar-refractivity contribution in [2.45, 2.75) is 20.3 Å². The third-order valence-corrected chi connectivity index (χ3v) is 4.04. The van der Waals surface area contributed by atoms with Gasteiger partial charge in [-0.05, 0) is 26.0 Å². The van der Waals surface area contributed by atoms with Gasteiger partial charge in [-0.1, -0.05) is 12.1 Å². The van der Waals surface area contributed by atoms with Crippen LogP contribution in [-0.2, 0) is 9.47 Å². The SMILES string of the molecule is Cc1ccc(C(=O)OCCCOC(=O)c2ccc(C)c([N+](=O)[O-])c2)cc1[N+](=O)[O-]. The number of ether oxygens (including phenoxy) is 2. The third kappa shape index (κ3) is 5.58. The predicted octanol–water partition coefficient (Wildman–Crippen LogP) is 3.52. The number of carbonyl (C=O) groups excluding carboxylic acids is 2. The minimum atomic E-state index is -0.728. The van der Waals surface area contributed by atoms with E-state index < -0.39 is 21.8 Å². The molecule has 29 heavy (non-hydrogen) atoms. The first-order valence-corrected chi connectivity index (χ1v) is 8.55. The molecule has 0 amide bonds. The lowest BCUT2D eigenvalue weighted by atomic mass is 10.1. The van der Waals surface area contributed by atoms with E-state index in [0.29, 0.717) is 11.1 Å². The largest absolute Gasteiger partial charge is 0.462 e. The Morgan fingerprint density at radius 3 is 1.52 bits per heavy atom. The third-order valence-electron chi connectivity index (χ3n) is 4.04. The van der Waals surface area contributed by atoms with Gasteiger partial charge in [-0.25, -0.2) is 9.59 Å². The van der Waals surface area contributed by atoms with Gasteiger partial charge in [-0.2, -0.15) is 0 Å². The first-order chi connectivity index (χ1) is 13.7. The summed E-state index contributed by atoms with van der Waals surface area (Å²) in [6.45, 7) is 2.98. The molecule has 2 aromatic rings. The maximum absolute atomic E-state index is 12.0. The summed E-state index contributed by atoms with van der Waals surface area (Å²) >= 11 is 0. The lowest BCUT2D eigenvalue weighted by molar-refractivity contribution is -0.385. The molecule has 2 aromatic carbocycles. The van der Waals surface area contributed by atoms with Gasteiger partial charge in [0.1, 0.15) is 0 Å². The maximum atomic E-state index is 12.0. The van der Waals surface area contributed by atoms with Crippen LogP contribution in [0.2, 0.25) is 0 Å². The molecule has 10 nitrogen and oxygen atoms in total. The molecule has 0 aromatic heterocycles. The van der Waals surface area contributed by atoms with E-state index in [1.807, 2.05) is 0 Å². The topological polar surface area (TPSA) is 139 Å². The summed E-state index contributed by atoms with van der Waals surface area (Å²) in [7, 11) is 0. The predicted molar refractivity (Wildman–Crippen MR) is 101 cm³/mol. The summed E-state index contributed by atoms with van der Waals surface area (Å²) < 4.78 is 10.0. The van der Waals surface area contributed by atoms with Crippen molar-refractivity contribution in [2.24, 2.45) is 0 Å². The normalized spacial score (nSPS) is 10.3. The Kier molecular flexibility index (Phi) is 6.96. The van der Waals surface area contributed by atoms with E-state index in [4.69, 9.17) is 9.47 Å². The Morgan fingerprint density at radius 2 is 1.17 bits per heavy atom. The molecule has 2 rings (SSSR count). The van der Waals surface area contributed by atoms with Crippen LogP contribution in [0.5, 0.6) is 0 Å². The molecule has 0 fully saturated rings. The van der Waals surface area contributed by atoms with E-state index in [1.54, 1.807) is 13.8 Å². The second-order valence-corrected chi connectivity index (χ2v) is 6.14. The minimum Gasteiger partial charge on any atom is -0.462 e. The van der Waals surface area contributed by atoms with Crippen LogP contribution in [0.15, 0.2) is 36.4 Å². The molecule has 0 saturated carbocycles. The number of benzene rings is 2. The van der Waals surface area contributed by atoms with Crippen LogP contribution in [0.4, 0.5) is 11.4 Å². The monoisotopic (exact) mass is 402 g/mol. The van der Waals surface area contributed by atoms with Gasteiger partial charge in [0.2, 0.25) is 0 Å². The zero-order chi connectivity index (χ0) is 21.6. The van der Waals surface area contributed by atoms with Crippen molar-refractivity contribution in [2.75, 3.05) is 13.2 Å². The summed E-state index contributed by atoms with van der Waals surface area (Å²) in [6, 6.07) is 8.04. The molecule has 0 aliphatic heterocycles. The smallest absolute Gasteiger partial charge is 0.338 e. The molecule has 0 spiro atoms. The first kappa shape index (κ1) is 21.5. The summed E-state index contributed by atoms with van der Waals surface area (Å²) in [4.78, 5) is 44.6. The van der Waals surface area contributed by atoms with Crippen LogP contribution in [0, 0.1) is 34.1 Å². The van der Waals surface area contributed by atoms with Crippen molar-refractivity contribution in [3.8, 4) is 0 Å². The first-order valence-electron chi connectivity index (χ1n) is 8.55. The van der Waals surface area contributed by atoms with E-state index in [9.17, 15) is 29.8 Å². The van der Waals surface area contributed by atoms with Crippen molar-refractivity contribution in [1.29, 1.82) is 0 Å². The highest BCUT2D eigenvalue weighted by Gasteiger charge is 2.17. The van der Waals surface area contributed by atoms with Crippen LogP contribution in [0.3, 0.4) is 0 Å². The van der Waals surface area contributed by atoms with Crippen LogP contribution < -0.4 is 0 Å². The fourth-order valence-electron chi connectivity index (χ4n) is 2.42. The molecular weight excluding hydrogens is 384 g/mol. The maximum Gasteiger partial charge on any atom is 0.338 e. The number of nitro benzene ring substituents is 2. The average molecular weight is 402 g/mol. The van der Waals surface area contributed by atoms with Crippen molar-refractivity contribution in [3.05, 3.63) is 78.9 Å². The van der Waals surface area contributed by atoms with Gasteiger partial charge in [-0.3, -0.25) is 20.2 Å². The number of nitro groups is 2. The second kappa shape index (κ2) is 9.40. The Labute approximate surface area is 165 Å². The quantitative estimate of drug-likeness (QED) is 0.283. The van der Waals surface area contributed by atoms with Gasteiger partial charge in [0.25, 0.3) is 11.4 Å². The van der Waals surface area contributed by atoms with E-state index in [-0.39, 0.29) is 42.1 Å². The fraction of sp³-hybridized carbons (Fsp3) is 0.263. The molecule has 0 radical (unpaired) electrons. The van der Waals surface area contributed by atoms with Gasteiger partial charge in [0.05, 0.1) is 34.2 Å². The van der Waals surface area contributed by atoms with Crippen LogP contribution in [-0.4, -0.2) is 35.0 Å². The summed E-state index contributed by atoms with van der Waals surface area (Å²) in [6.07, 6.45) is 0.194. The van der Waals surface area contributed by atoms with Crippen LogP contribution in [0.1, 0.15) is 38.3 Å². The molecule has 0 unspecified atom stereocenters. The number of aryl methyl sites for hydroxylation is 2. The number of rotatable bonds is 8. The molecular formula is C19H18N2O8. The van der Waals surface area contributed by atoms with Gasteiger partial charge < -0.3 is 9.47 Å². The Morgan fingerprint density at radius 1 is 0.793 bits per heavy atom. The van der Waals surface area contributed by atoms with Crippen molar-refractivity contribution in [3.63, 3.8) is 0 Å². The van der Waals surface area contributed by atoms with E-state index in [1.165, 1.54) is 24.3 Å². The minimum absolute atomic E-state index is 0.0475. The Hall–Kier alpha value is -3.82. The average Bonchev–Trinajstić information content (AvgIpc) is 2.67. The van der Waals surface area contributed by atoms with Crippen molar-refractivity contribution in [1.82, 2.24) is 0 Å². The van der Waals surface area contributed by atoms with Gasteiger partial charge in [-0.15, -0.1) is 0 Å². The number of carbonyl (C=O) groups is 2. The fourth-order valence-corrected chi connectivity index (χ4v) is 2.42. The number of hydrogen-bond donors (Lipinski definition) is 0. The molecule has 152 valence electrons. The molecule has 10 heteroatoms. The highest BCUT2D eigenvalue weighted by molar-refractivity contribution is 5.91. The lowest BCUT2D eigenvalue weighted by Gasteiger charge is -2.07. The van der Waals surface area contributed by atoms with Crippen LogP contribution in [0.25, 0.3) is 0 Å². The standard InChI is InChI=1S/C19H18N2O8/c1-12-4-6-14(10-16(12)20(24)25)18(22)28-8-3-9-29-19(23)15-7-5-13(2)17(11-15)21(26)27/h4-7,10-11H,3,8-9H2,1-2H3. The summed E-state index contributed by atoms with van der Waals surface area (Å²) in [5, 5.41) is 21.8. The summed E-state index contributed by atoms with van der Waals surface area (Å²) in [5.74, 6) is -1.46. The molecule has 0 aliphatic rings. The number of hydrogen-bond acceptors (Lipinski definition) is 8. The van der Waals surface area contributed by atoms with Gasteiger partial charge in [0.15, 0.2) is 0 Å².